The molecule has 1 aromatic heterocycles. The van der Waals surface area contributed by atoms with Gasteiger partial charge in [-0.25, -0.2) is 0 Å². The Balaban J connectivity index is 2.09. The number of tetrazole rings is 1. The van der Waals surface area contributed by atoms with Crippen LogP contribution in [-0.2, 0) is 14.3 Å². The van der Waals surface area contributed by atoms with Crippen LogP contribution in [-0.4, -0.2) is 45.7 Å². The molecule has 1 amide bonds. The third-order valence-corrected chi connectivity index (χ3v) is 3.47. The Bertz CT molecular complexity index is 684. The van der Waals surface area contributed by atoms with Crippen LogP contribution in [0.15, 0.2) is 30.3 Å². The highest BCUT2D eigenvalue weighted by molar-refractivity contribution is 5.81. The summed E-state index contributed by atoms with van der Waals surface area (Å²) in [4.78, 5) is 24.8. The molecular weight excluding hydrogens is 310 g/mol. The van der Waals surface area contributed by atoms with Gasteiger partial charge in [0.05, 0.1) is 13.5 Å². The number of rotatable bonds is 7. The molecule has 0 aliphatic rings. The number of methoxy groups -OCH3 is 1. The average molecular weight is 331 g/mol. The van der Waals surface area contributed by atoms with Crippen molar-refractivity contribution in [3.63, 3.8) is 0 Å². The number of nitrogens with one attached hydrogen (secondary N) is 1. The van der Waals surface area contributed by atoms with Crippen molar-refractivity contribution in [1.29, 1.82) is 0 Å². The standard InChI is InChI=1S/C16H21N5O3/c1-11(2)14(16(23)17-10-9-13(22)24-3)21-19-15(18-20-21)12-7-5-4-6-8-12/h4-8,11,14H,9-10H2,1-3H3,(H,17,23). The normalized spacial score (nSPS) is 12.0. The lowest BCUT2D eigenvalue weighted by molar-refractivity contribution is -0.140. The van der Waals surface area contributed by atoms with Gasteiger partial charge in [0.25, 0.3) is 0 Å². The number of carbonyl (C=O) groups excluding carboxylic acids is 2. The van der Waals surface area contributed by atoms with Crippen LogP contribution >= 0.6 is 0 Å². The lowest BCUT2D eigenvalue weighted by Gasteiger charge is -2.18. The molecule has 1 unspecified atom stereocenters. The zero-order valence-electron chi connectivity index (χ0n) is 14.0. The summed E-state index contributed by atoms with van der Waals surface area (Å²) < 4.78 is 4.55. The summed E-state index contributed by atoms with van der Waals surface area (Å²) in [7, 11) is 1.31. The van der Waals surface area contributed by atoms with E-state index in [0.717, 1.165) is 5.56 Å². The van der Waals surface area contributed by atoms with Crippen molar-refractivity contribution in [2.45, 2.75) is 26.3 Å². The Morgan fingerprint density at radius 1 is 1.25 bits per heavy atom. The highest BCUT2D eigenvalue weighted by atomic mass is 16.5. The van der Waals surface area contributed by atoms with Crippen molar-refractivity contribution in [2.24, 2.45) is 5.92 Å². The van der Waals surface area contributed by atoms with Crippen LogP contribution in [0.3, 0.4) is 0 Å². The number of hydrogen-bond donors (Lipinski definition) is 1. The highest BCUT2D eigenvalue weighted by Gasteiger charge is 2.27. The van der Waals surface area contributed by atoms with Crippen molar-refractivity contribution in [2.75, 3.05) is 13.7 Å². The number of aromatic nitrogens is 4. The summed E-state index contributed by atoms with van der Waals surface area (Å²) in [5.74, 6) is -0.211. The molecule has 8 heteroatoms. The van der Waals surface area contributed by atoms with Crippen LogP contribution < -0.4 is 5.32 Å². The molecule has 1 heterocycles. The predicted molar refractivity (Wildman–Crippen MR) is 86.8 cm³/mol. The lowest BCUT2D eigenvalue weighted by atomic mass is 10.0. The van der Waals surface area contributed by atoms with Crippen LogP contribution in [0.25, 0.3) is 11.4 Å². The van der Waals surface area contributed by atoms with E-state index in [-0.39, 0.29) is 30.8 Å². The smallest absolute Gasteiger partial charge is 0.307 e. The summed E-state index contributed by atoms with van der Waals surface area (Å²) in [6.07, 6.45) is 0.118. The Morgan fingerprint density at radius 3 is 2.58 bits per heavy atom. The van der Waals surface area contributed by atoms with E-state index < -0.39 is 6.04 Å². The third-order valence-electron chi connectivity index (χ3n) is 3.47. The van der Waals surface area contributed by atoms with E-state index in [1.54, 1.807) is 0 Å². The number of ether oxygens (including phenoxy) is 1. The molecule has 0 aliphatic carbocycles. The number of hydrogen-bond acceptors (Lipinski definition) is 6. The molecule has 0 aliphatic heterocycles. The van der Waals surface area contributed by atoms with Crippen molar-refractivity contribution in [1.82, 2.24) is 25.5 Å². The molecule has 24 heavy (non-hydrogen) atoms. The van der Waals surface area contributed by atoms with Crippen molar-refractivity contribution in [3.8, 4) is 11.4 Å². The number of benzene rings is 1. The third kappa shape index (κ3) is 4.37. The zero-order valence-corrected chi connectivity index (χ0v) is 14.0. The van der Waals surface area contributed by atoms with Crippen LogP contribution in [0.2, 0.25) is 0 Å². The van der Waals surface area contributed by atoms with Gasteiger partial charge >= 0.3 is 5.97 Å². The van der Waals surface area contributed by atoms with Crippen LogP contribution in [0.4, 0.5) is 0 Å². The van der Waals surface area contributed by atoms with Gasteiger partial charge in [0, 0.05) is 12.1 Å². The van der Waals surface area contributed by atoms with Crippen LogP contribution in [0.5, 0.6) is 0 Å². The van der Waals surface area contributed by atoms with Gasteiger partial charge < -0.3 is 10.1 Å². The van der Waals surface area contributed by atoms with Gasteiger partial charge in [-0.05, 0) is 11.1 Å². The summed E-state index contributed by atoms with van der Waals surface area (Å²) in [6.45, 7) is 4.00. The molecule has 1 N–H and O–H groups in total. The van der Waals surface area contributed by atoms with E-state index in [9.17, 15) is 9.59 Å². The minimum absolute atomic E-state index is 0.0408. The second-order valence-corrected chi connectivity index (χ2v) is 5.61. The van der Waals surface area contributed by atoms with Crippen molar-refractivity contribution in [3.05, 3.63) is 30.3 Å². The molecule has 0 saturated carbocycles. The van der Waals surface area contributed by atoms with Gasteiger partial charge in [-0.2, -0.15) is 4.80 Å². The van der Waals surface area contributed by atoms with Crippen LogP contribution in [0.1, 0.15) is 26.3 Å². The highest BCUT2D eigenvalue weighted by Crippen LogP contribution is 2.18. The monoisotopic (exact) mass is 331 g/mol. The Labute approximate surface area is 140 Å². The van der Waals surface area contributed by atoms with E-state index in [1.165, 1.54) is 11.9 Å². The molecule has 2 rings (SSSR count). The number of esters is 1. The quantitative estimate of drug-likeness (QED) is 0.766. The van der Waals surface area contributed by atoms with Gasteiger partial charge in [-0.1, -0.05) is 44.2 Å². The van der Waals surface area contributed by atoms with Crippen molar-refractivity contribution < 1.29 is 14.3 Å². The summed E-state index contributed by atoms with van der Waals surface area (Å²) in [6, 6.07) is 8.82. The van der Waals surface area contributed by atoms with E-state index in [0.29, 0.717) is 5.82 Å². The summed E-state index contributed by atoms with van der Waals surface area (Å²) in [5.41, 5.74) is 0.831. The molecule has 0 spiro atoms. The Kier molecular flexibility index (Phi) is 6.00. The second kappa shape index (κ2) is 8.19. The largest absolute Gasteiger partial charge is 0.469 e. The molecule has 0 radical (unpaired) electrons. The minimum atomic E-state index is -0.604. The number of amides is 1. The van der Waals surface area contributed by atoms with E-state index in [4.69, 9.17) is 0 Å². The molecule has 2 aromatic rings. The van der Waals surface area contributed by atoms with E-state index in [1.807, 2.05) is 44.2 Å². The zero-order chi connectivity index (χ0) is 17.5. The first-order chi connectivity index (χ1) is 11.5. The number of carbonyl (C=O) groups is 2. The fourth-order valence-corrected chi connectivity index (χ4v) is 2.21. The molecule has 128 valence electrons. The van der Waals surface area contributed by atoms with Gasteiger partial charge in [0.1, 0.15) is 0 Å². The van der Waals surface area contributed by atoms with E-state index >= 15 is 0 Å². The Hall–Kier alpha value is -2.77. The van der Waals surface area contributed by atoms with Gasteiger partial charge in [0.15, 0.2) is 6.04 Å². The first-order valence-corrected chi connectivity index (χ1v) is 7.72. The molecule has 1 aromatic carbocycles. The maximum Gasteiger partial charge on any atom is 0.307 e. The van der Waals surface area contributed by atoms with Gasteiger partial charge in [-0.15, -0.1) is 10.2 Å². The summed E-state index contributed by atoms with van der Waals surface area (Å²) >= 11 is 0. The Morgan fingerprint density at radius 2 is 1.96 bits per heavy atom. The number of nitrogens with zero attached hydrogens (tertiary/aromatic N) is 4. The molecule has 1 atom stereocenters. The maximum atomic E-state index is 12.4. The average Bonchev–Trinajstić information content (AvgIpc) is 3.04. The van der Waals surface area contributed by atoms with Crippen LogP contribution in [0, 0.1) is 5.92 Å². The topological polar surface area (TPSA) is 99.0 Å². The van der Waals surface area contributed by atoms with Gasteiger partial charge in [-0.3, -0.25) is 9.59 Å². The minimum Gasteiger partial charge on any atom is -0.469 e. The molecule has 0 fully saturated rings. The SMILES string of the molecule is COC(=O)CCNC(=O)C(C(C)C)n1nnc(-c2ccccc2)n1. The van der Waals surface area contributed by atoms with Crippen molar-refractivity contribution >= 4 is 11.9 Å². The fraction of sp³-hybridized carbons (Fsp3) is 0.438. The second-order valence-electron chi connectivity index (χ2n) is 5.61. The molecule has 8 nitrogen and oxygen atoms in total. The predicted octanol–water partition coefficient (Wildman–Crippen LogP) is 1.22. The molecule has 0 saturated heterocycles. The lowest BCUT2D eigenvalue weighted by Crippen LogP contribution is -2.37. The first-order valence-electron chi connectivity index (χ1n) is 7.72. The van der Waals surface area contributed by atoms with E-state index in [2.05, 4.69) is 25.5 Å². The maximum absolute atomic E-state index is 12.4. The molecular formula is C16H21N5O3. The first kappa shape index (κ1) is 17.6. The summed E-state index contributed by atoms with van der Waals surface area (Å²) in [5, 5.41) is 15.1. The fourth-order valence-electron chi connectivity index (χ4n) is 2.21. The van der Waals surface area contributed by atoms with Gasteiger partial charge in [0.2, 0.25) is 11.7 Å². The molecule has 0 bridgehead atoms.